The molecule has 0 saturated heterocycles. The normalized spacial score (nSPS) is 10.2. The summed E-state index contributed by atoms with van der Waals surface area (Å²) in [6, 6.07) is 16.6. The number of hydrogen-bond acceptors (Lipinski definition) is 4. The van der Waals surface area contributed by atoms with E-state index < -0.39 is 0 Å². The summed E-state index contributed by atoms with van der Waals surface area (Å²) in [6.45, 7) is 0. The number of aromatic nitrogens is 1. The molecule has 0 fully saturated rings. The zero-order valence-electron chi connectivity index (χ0n) is 11.9. The van der Waals surface area contributed by atoms with Gasteiger partial charge in [0.1, 0.15) is 5.75 Å². The van der Waals surface area contributed by atoms with Gasteiger partial charge in [-0.2, -0.15) is 0 Å². The van der Waals surface area contributed by atoms with E-state index in [0.29, 0.717) is 17.2 Å². The molecule has 1 N–H and O–H groups in total. The molecule has 110 valence electrons. The molecule has 3 rings (SSSR count). The maximum atomic E-state index is 12.4. The fourth-order valence-electron chi connectivity index (χ4n) is 2.13. The van der Waals surface area contributed by atoms with Crippen molar-refractivity contribution in [3.8, 4) is 17.1 Å². The molecule has 5 nitrogen and oxygen atoms in total. The van der Waals surface area contributed by atoms with E-state index in [0.717, 1.165) is 5.56 Å². The third-order valence-electron chi connectivity index (χ3n) is 3.17. The number of anilines is 1. The molecule has 0 bridgehead atoms. The first-order valence-corrected chi connectivity index (χ1v) is 6.73. The van der Waals surface area contributed by atoms with Gasteiger partial charge in [0.05, 0.1) is 12.8 Å². The molecule has 0 spiro atoms. The first-order valence-electron chi connectivity index (χ1n) is 6.73. The van der Waals surface area contributed by atoms with Crippen LogP contribution in [0.4, 0.5) is 5.69 Å². The SMILES string of the molecule is COc1ccccc1NC(=O)c1ncoc1-c1ccccc1. The van der Waals surface area contributed by atoms with Gasteiger partial charge in [-0.1, -0.05) is 42.5 Å². The molecule has 0 radical (unpaired) electrons. The van der Waals surface area contributed by atoms with Crippen LogP contribution in [-0.2, 0) is 0 Å². The van der Waals surface area contributed by atoms with E-state index in [2.05, 4.69) is 10.3 Å². The van der Waals surface area contributed by atoms with Crippen LogP contribution >= 0.6 is 0 Å². The molecule has 1 aromatic heterocycles. The van der Waals surface area contributed by atoms with Crippen molar-refractivity contribution in [1.82, 2.24) is 4.98 Å². The van der Waals surface area contributed by atoms with Crippen LogP contribution in [0.2, 0.25) is 0 Å². The van der Waals surface area contributed by atoms with Crippen LogP contribution in [0.1, 0.15) is 10.5 Å². The molecular weight excluding hydrogens is 280 g/mol. The maximum absolute atomic E-state index is 12.4. The summed E-state index contributed by atoms with van der Waals surface area (Å²) in [5, 5.41) is 2.79. The highest BCUT2D eigenvalue weighted by atomic mass is 16.5. The summed E-state index contributed by atoms with van der Waals surface area (Å²) < 4.78 is 10.6. The monoisotopic (exact) mass is 294 g/mol. The van der Waals surface area contributed by atoms with Crippen LogP contribution in [0, 0.1) is 0 Å². The summed E-state index contributed by atoms with van der Waals surface area (Å²) in [5.41, 5.74) is 1.61. The van der Waals surface area contributed by atoms with E-state index in [-0.39, 0.29) is 11.6 Å². The van der Waals surface area contributed by atoms with Crippen LogP contribution < -0.4 is 10.1 Å². The largest absolute Gasteiger partial charge is 0.495 e. The van der Waals surface area contributed by atoms with E-state index in [4.69, 9.17) is 9.15 Å². The minimum atomic E-state index is -0.350. The Bertz CT molecular complexity index is 781. The van der Waals surface area contributed by atoms with E-state index in [9.17, 15) is 4.79 Å². The fourth-order valence-corrected chi connectivity index (χ4v) is 2.13. The van der Waals surface area contributed by atoms with Gasteiger partial charge in [-0.25, -0.2) is 4.98 Å². The maximum Gasteiger partial charge on any atom is 0.278 e. The molecule has 0 unspecified atom stereocenters. The highest BCUT2D eigenvalue weighted by Crippen LogP contribution is 2.26. The Balaban J connectivity index is 1.90. The lowest BCUT2D eigenvalue weighted by atomic mass is 10.1. The number of nitrogens with zero attached hydrogens (tertiary/aromatic N) is 1. The number of methoxy groups -OCH3 is 1. The number of benzene rings is 2. The third kappa shape index (κ3) is 2.69. The van der Waals surface area contributed by atoms with Crippen LogP contribution in [0.5, 0.6) is 5.75 Å². The number of ether oxygens (including phenoxy) is 1. The molecule has 0 aliphatic heterocycles. The van der Waals surface area contributed by atoms with Gasteiger partial charge in [0.25, 0.3) is 5.91 Å². The highest BCUT2D eigenvalue weighted by Gasteiger charge is 2.19. The van der Waals surface area contributed by atoms with Crippen molar-refractivity contribution in [2.24, 2.45) is 0 Å². The first-order chi connectivity index (χ1) is 10.8. The zero-order valence-corrected chi connectivity index (χ0v) is 11.9. The minimum Gasteiger partial charge on any atom is -0.495 e. The van der Waals surface area contributed by atoms with Crippen molar-refractivity contribution in [2.45, 2.75) is 0 Å². The molecule has 5 heteroatoms. The van der Waals surface area contributed by atoms with Crippen molar-refractivity contribution in [2.75, 3.05) is 12.4 Å². The molecule has 0 aliphatic rings. The number of carbonyl (C=O) groups is 1. The van der Waals surface area contributed by atoms with Gasteiger partial charge < -0.3 is 14.5 Å². The average molecular weight is 294 g/mol. The van der Waals surface area contributed by atoms with Crippen molar-refractivity contribution < 1.29 is 13.9 Å². The Morgan fingerprint density at radius 3 is 2.59 bits per heavy atom. The number of amides is 1. The van der Waals surface area contributed by atoms with Gasteiger partial charge in [0.2, 0.25) is 0 Å². The van der Waals surface area contributed by atoms with Gasteiger partial charge in [-0.15, -0.1) is 0 Å². The first kappa shape index (κ1) is 13.9. The number of rotatable bonds is 4. The number of nitrogens with one attached hydrogen (secondary N) is 1. The second-order valence-corrected chi connectivity index (χ2v) is 4.55. The predicted molar refractivity (Wildman–Crippen MR) is 82.9 cm³/mol. The van der Waals surface area contributed by atoms with Crippen molar-refractivity contribution in [1.29, 1.82) is 0 Å². The summed E-state index contributed by atoms with van der Waals surface area (Å²) in [6.07, 6.45) is 1.26. The van der Waals surface area contributed by atoms with Gasteiger partial charge in [-0.05, 0) is 12.1 Å². The van der Waals surface area contributed by atoms with Crippen LogP contribution in [-0.4, -0.2) is 18.0 Å². The number of para-hydroxylation sites is 2. The van der Waals surface area contributed by atoms with Crippen LogP contribution in [0.3, 0.4) is 0 Å². The number of carbonyl (C=O) groups excluding carboxylic acids is 1. The second-order valence-electron chi connectivity index (χ2n) is 4.55. The van der Waals surface area contributed by atoms with Crippen molar-refractivity contribution >= 4 is 11.6 Å². The van der Waals surface area contributed by atoms with Gasteiger partial charge in [0, 0.05) is 5.56 Å². The lowest BCUT2D eigenvalue weighted by Crippen LogP contribution is -2.14. The van der Waals surface area contributed by atoms with Gasteiger partial charge in [-0.3, -0.25) is 4.79 Å². The van der Waals surface area contributed by atoms with E-state index in [1.165, 1.54) is 6.39 Å². The Morgan fingerprint density at radius 2 is 1.82 bits per heavy atom. The highest BCUT2D eigenvalue weighted by molar-refractivity contribution is 6.07. The minimum absolute atomic E-state index is 0.233. The van der Waals surface area contributed by atoms with Crippen LogP contribution in [0.15, 0.2) is 65.4 Å². The van der Waals surface area contributed by atoms with Crippen LogP contribution in [0.25, 0.3) is 11.3 Å². The Kier molecular flexibility index (Phi) is 3.87. The standard InChI is InChI=1S/C17H14N2O3/c1-21-14-10-6-5-9-13(14)19-17(20)15-16(22-11-18-15)12-7-3-2-4-8-12/h2-11H,1H3,(H,19,20). The summed E-state index contributed by atoms with van der Waals surface area (Å²) >= 11 is 0. The van der Waals surface area contributed by atoms with Gasteiger partial charge in [0.15, 0.2) is 17.8 Å². The van der Waals surface area contributed by atoms with E-state index in [1.807, 2.05) is 42.5 Å². The molecule has 1 heterocycles. The van der Waals surface area contributed by atoms with E-state index in [1.54, 1.807) is 19.2 Å². The van der Waals surface area contributed by atoms with Gasteiger partial charge >= 0.3 is 0 Å². The molecule has 3 aromatic rings. The topological polar surface area (TPSA) is 64.4 Å². The number of oxazole rings is 1. The molecular formula is C17H14N2O3. The molecule has 0 saturated carbocycles. The summed E-state index contributed by atoms with van der Waals surface area (Å²) in [5.74, 6) is 0.672. The Morgan fingerprint density at radius 1 is 1.09 bits per heavy atom. The van der Waals surface area contributed by atoms with Crippen molar-refractivity contribution in [3.63, 3.8) is 0 Å². The molecule has 2 aromatic carbocycles. The average Bonchev–Trinajstić information content (AvgIpc) is 3.06. The fraction of sp³-hybridized carbons (Fsp3) is 0.0588. The predicted octanol–water partition coefficient (Wildman–Crippen LogP) is 3.60. The lowest BCUT2D eigenvalue weighted by molar-refractivity contribution is 0.102. The second kappa shape index (κ2) is 6.13. The van der Waals surface area contributed by atoms with Crippen molar-refractivity contribution in [3.05, 3.63) is 66.7 Å². The number of hydrogen-bond donors (Lipinski definition) is 1. The lowest BCUT2D eigenvalue weighted by Gasteiger charge is -2.09. The molecule has 1 amide bonds. The summed E-state index contributed by atoms with van der Waals surface area (Å²) in [4.78, 5) is 16.5. The van der Waals surface area contributed by atoms with E-state index >= 15 is 0 Å². The smallest absolute Gasteiger partial charge is 0.278 e. The third-order valence-corrected chi connectivity index (χ3v) is 3.17. The Hall–Kier alpha value is -3.08. The molecule has 0 aliphatic carbocycles. The summed E-state index contributed by atoms with van der Waals surface area (Å²) in [7, 11) is 1.55. The molecule has 22 heavy (non-hydrogen) atoms. The zero-order chi connectivity index (χ0) is 15.4. The molecule has 0 atom stereocenters. The Labute approximate surface area is 127 Å². The quantitative estimate of drug-likeness (QED) is 0.798.